The number of aromatic nitrogens is 1. The minimum Gasteiger partial charge on any atom is -0.427 e. The first-order valence-corrected chi connectivity index (χ1v) is 9.86. The number of carbonyl (C=O) groups excluding carboxylic acids is 1. The average Bonchev–Trinajstić information content (AvgIpc) is 3.00. The number of nitrogens with one attached hydrogen (secondary N) is 1. The lowest BCUT2D eigenvalue weighted by Gasteiger charge is -2.41. The second-order valence-electron chi connectivity index (χ2n) is 8.23. The standard InChI is InChI=1S/C22H26N2O2/c1-4-16-12(2)9-14-11-24-8-7-17-18-10-15(26-13(3)25)5-6-19(18)23-21(17)20(14)22(16)24/h5-6,10-12,16,20,22-23H,4,7-9H2,1-3H3/t12-,16-,20-,22?/m0/s1. The molecule has 1 N–H and O–H groups in total. The normalized spacial score (nSPS) is 29.3. The lowest BCUT2D eigenvalue weighted by atomic mass is 9.68. The summed E-state index contributed by atoms with van der Waals surface area (Å²) in [6.45, 7) is 7.29. The molecule has 4 heteroatoms. The molecular weight excluding hydrogens is 324 g/mol. The summed E-state index contributed by atoms with van der Waals surface area (Å²) >= 11 is 0. The van der Waals surface area contributed by atoms with E-state index in [1.54, 1.807) is 5.57 Å². The van der Waals surface area contributed by atoms with Crippen molar-refractivity contribution < 1.29 is 9.53 Å². The SMILES string of the molecule is CC[C@@H]1C2[C@H]3C(=CN2CCc2c3[nH]c3ccc(OC(C)=O)cc23)C[C@@H]1C. The Hall–Kier alpha value is -2.23. The van der Waals surface area contributed by atoms with Gasteiger partial charge in [-0.25, -0.2) is 0 Å². The van der Waals surface area contributed by atoms with Crippen LogP contribution < -0.4 is 4.74 Å². The molecule has 1 aromatic carbocycles. The molecule has 1 aromatic heterocycles. The molecule has 0 saturated heterocycles. The van der Waals surface area contributed by atoms with Crippen molar-refractivity contribution in [1.29, 1.82) is 0 Å². The summed E-state index contributed by atoms with van der Waals surface area (Å²) in [7, 11) is 0. The molecule has 0 amide bonds. The summed E-state index contributed by atoms with van der Waals surface area (Å²) in [5.74, 6) is 2.38. The van der Waals surface area contributed by atoms with Crippen LogP contribution in [0.3, 0.4) is 0 Å². The molecule has 1 aliphatic carbocycles. The van der Waals surface area contributed by atoms with E-state index in [2.05, 4.69) is 36.0 Å². The zero-order valence-corrected chi connectivity index (χ0v) is 15.7. The molecule has 2 aromatic rings. The van der Waals surface area contributed by atoms with E-state index < -0.39 is 0 Å². The van der Waals surface area contributed by atoms with Crippen LogP contribution in [0.25, 0.3) is 10.9 Å². The third-order valence-electron chi connectivity index (χ3n) is 6.76. The largest absolute Gasteiger partial charge is 0.427 e. The number of carbonyl (C=O) groups is 1. The number of nitrogens with zero attached hydrogens (tertiary/aromatic N) is 1. The summed E-state index contributed by atoms with van der Waals surface area (Å²) in [6, 6.07) is 6.57. The van der Waals surface area contributed by atoms with E-state index in [1.165, 1.54) is 36.4 Å². The Morgan fingerprint density at radius 2 is 2.23 bits per heavy atom. The van der Waals surface area contributed by atoms with Crippen molar-refractivity contribution in [2.24, 2.45) is 11.8 Å². The number of benzene rings is 1. The Morgan fingerprint density at radius 1 is 1.38 bits per heavy atom. The maximum Gasteiger partial charge on any atom is 0.308 e. The maximum absolute atomic E-state index is 11.3. The Labute approximate surface area is 154 Å². The molecule has 0 spiro atoms. The molecule has 4 bridgehead atoms. The predicted octanol–water partition coefficient (Wildman–Crippen LogP) is 4.37. The van der Waals surface area contributed by atoms with Crippen molar-refractivity contribution in [3.63, 3.8) is 0 Å². The highest BCUT2D eigenvalue weighted by Gasteiger charge is 2.49. The zero-order chi connectivity index (χ0) is 18.0. The monoisotopic (exact) mass is 350 g/mol. The molecule has 136 valence electrons. The summed E-state index contributed by atoms with van der Waals surface area (Å²) in [5, 5.41) is 1.22. The summed E-state index contributed by atoms with van der Waals surface area (Å²) in [6.07, 6.45) is 5.95. The molecule has 1 saturated carbocycles. The molecular formula is C22H26N2O2. The first-order chi connectivity index (χ1) is 12.6. The van der Waals surface area contributed by atoms with Crippen molar-refractivity contribution >= 4 is 16.9 Å². The van der Waals surface area contributed by atoms with Gasteiger partial charge in [0.05, 0.1) is 0 Å². The smallest absolute Gasteiger partial charge is 0.308 e. The van der Waals surface area contributed by atoms with Crippen LogP contribution in [-0.4, -0.2) is 28.4 Å². The Morgan fingerprint density at radius 3 is 3.00 bits per heavy atom. The number of H-pyrrole nitrogens is 1. The number of rotatable bonds is 2. The zero-order valence-electron chi connectivity index (χ0n) is 15.7. The van der Waals surface area contributed by atoms with Crippen LogP contribution in [0.15, 0.2) is 30.0 Å². The van der Waals surface area contributed by atoms with Crippen molar-refractivity contribution in [3.8, 4) is 5.75 Å². The average molecular weight is 350 g/mol. The van der Waals surface area contributed by atoms with Crippen LogP contribution in [0.4, 0.5) is 0 Å². The molecule has 4 atom stereocenters. The van der Waals surface area contributed by atoms with Gasteiger partial charge in [0.2, 0.25) is 0 Å². The van der Waals surface area contributed by atoms with Gasteiger partial charge in [0.1, 0.15) is 5.75 Å². The van der Waals surface area contributed by atoms with Crippen LogP contribution >= 0.6 is 0 Å². The topological polar surface area (TPSA) is 45.3 Å². The molecule has 1 fully saturated rings. The third kappa shape index (κ3) is 2.17. The van der Waals surface area contributed by atoms with Crippen LogP contribution in [0.5, 0.6) is 5.75 Å². The molecule has 1 unspecified atom stereocenters. The van der Waals surface area contributed by atoms with E-state index >= 15 is 0 Å². The van der Waals surface area contributed by atoms with Crippen molar-refractivity contribution in [2.75, 3.05) is 6.54 Å². The van der Waals surface area contributed by atoms with Gasteiger partial charge in [-0.1, -0.05) is 20.3 Å². The molecule has 3 aliphatic rings. The van der Waals surface area contributed by atoms with Crippen LogP contribution in [0.1, 0.15) is 50.8 Å². The second kappa shape index (κ2) is 5.63. The van der Waals surface area contributed by atoms with Gasteiger partial charge in [0.15, 0.2) is 0 Å². The minimum atomic E-state index is -0.268. The van der Waals surface area contributed by atoms with Gasteiger partial charge in [-0.15, -0.1) is 0 Å². The fraction of sp³-hybridized carbons (Fsp3) is 0.500. The Bertz CT molecular complexity index is 926. The Kier molecular flexibility index (Phi) is 3.46. The number of esters is 1. The predicted molar refractivity (Wildman–Crippen MR) is 102 cm³/mol. The highest BCUT2D eigenvalue weighted by molar-refractivity contribution is 5.87. The maximum atomic E-state index is 11.3. The van der Waals surface area contributed by atoms with E-state index in [9.17, 15) is 4.79 Å². The number of ether oxygens (including phenoxy) is 1. The number of aromatic amines is 1. The van der Waals surface area contributed by atoms with Gasteiger partial charge in [0, 0.05) is 42.0 Å². The van der Waals surface area contributed by atoms with Gasteiger partial charge in [0.25, 0.3) is 0 Å². The Balaban J connectivity index is 1.64. The fourth-order valence-corrected chi connectivity index (χ4v) is 5.79. The summed E-state index contributed by atoms with van der Waals surface area (Å²) < 4.78 is 5.32. The molecule has 2 aliphatic heterocycles. The summed E-state index contributed by atoms with van der Waals surface area (Å²) in [5.41, 5.74) is 5.58. The molecule has 26 heavy (non-hydrogen) atoms. The van der Waals surface area contributed by atoms with E-state index in [4.69, 9.17) is 4.74 Å². The van der Waals surface area contributed by atoms with Crippen LogP contribution in [-0.2, 0) is 11.2 Å². The van der Waals surface area contributed by atoms with E-state index in [0.29, 0.717) is 17.7 Å². The number of hydrogen-bond donors (Lipinski definition) is 1. The van der Waals surface area contributed by atoms with Crippen molar-refractivity contribution in [2.45, 2.75) is 52.0 Å². The quantitative estimate of drug-likeness (QED) is 0.646. The highest BCUT2D eigenvalue weighted by Crippen LogP contribution is 2.53. The van der Waals surface area contributed by atoms with Crippen molar-refractivity contribution in [3.05, 3.63) is 41.2 Å². The highest BCUT2D eigenvalue weighted by atomic mass is 16.5. The van der Waals surface area contributed by atoms with E-state index in [-0.39, 0.29) is 5.97 Å². The second-order valence-corrected chi connectivity index (χ2v) is 8.23. The molecule has 3 heterocycles. The lowest BCUT2D eigenvalue weighted by Crippen LogP contribution is -2.42. The summed E-state index contributed by atoms with van der Waals surface area (Å²) in [4.78, 5) is 17.7. The number of fused-ring (bicyclic) bond motifs is 3. The third-order valence-corrected chi connectivity index (χ3v) is 6.76. The van der Waals surface area contributed by atoms with E-state index in [1.807, 2.05) is 12.1 Å². The van der Waals surface area contributed by atoms with Gasteiger partial charge < -0.3 is 14.6 Å². The lowest BCUT2D eigenvalue weighted by molar-refractivity contribution is -0.131. The van der Waals surface area contributed by atoms with Gasteiger partial charge in [-0.3, -0.25) is 4.79 Å². The molecule has 4 nitrogen and oxygen atoms in total. The number of hydrogen-bond acceptors (Lipinski definition) is 3. The minimum absolute atomic E-state index is 0.268. The molecule has 0 radical (unpaired) electrons. The van der Waals surface area contributed by atoms with Gasteiger partial charge >= 0.3 is 5.97 Å². The van der Waals surface area contributed by atoms with Crippen molar-refractivity contribution in [1.82, 2.24) is 9.88 Å². The van der Waals surface area contributed by atoms with Crippen LogP contribution in [0.2, 0.25) is 0 Å². The van der Waals surface area contributed by atoms with Gasteiger partial charge in [-0.05, 0) is 60.2 Å². The van der Waals surface area contributed by atoms with Crippen LogP contribution in [0, 0.1) is 11.8 Å². The molecule has 5 rings (SSSR count). The first-order valence-electron chi connectivity index (χ1n) is 9.86. The first kappa shape index (κ1) is 16.0. The fourth-order valence-electron chi connectivity index (χ4n) is 5.79. The van der Waals surface area contributed by atoms with E-state index in [0.717, 1.165) is 30.3 Å². The van der Waals surface area contributed by atoms with Gasteiger partial charge in [-0.2, -0.15) is 0 Å².